The topological polar surface area (TPSA) is 104 Å². The van der Waals surface area contributed by atoms with E-state index in [0.717, 1.165) is 38.6 Å². The van der Waals surface area contributed by atoms with Gasteiger partial charge in [-0.1, -0.05) is 36.4 Å². The van der Waals surface area contributed by atoms with E-state index in [4.69, 9.17) is 0 Å². The summed E-state index contributed by atoms with van der Waals surface area (Å²) in [6, 6.07) is 15.7. The third-order valence-electron chi connectivity index (χ3n) is 5.27. The van der Waals surface area contributed by atoms with Crippen molar-refractivity contribution in [3.63, 3.8) is 0 Å². The molecule has 0 radical (unpaired) electrons. The van der Waals surface area contributed by atoms with E-state index >= 15 is 0 Å². The first-order valence-electron chi connectivity index (χ1n) is 9.56. The number of hydrogen-bond donors (Lipinski definition) is 3. The molecule has 3 N–H and O–H groups in total. The van der Waals surface area contributed by atoms with E-state index < -0.39 is 5.92 Å². The van der Waals surface area contributed by atoms with Crippen LogP contribution >= 0.6 is 0 Å². The molecule has 0 saturated carbocycles. The first kappa shape index (κ1) is 18.7. The number of aromatic amines is 2. The van der Waals surface area contributed by atoms with Gasteiger partial charge in [-0.05, 0) is 29.7 Å². The third kappa shape index (κ3) is 3.71. The highest BCUT2D eigenvalue weighted by atomic mass is 16.6. The van der Waals surface area contributed by atoms with Crippen LogP contribution in [0.5, 0.6) is 0 Å². The fraction of sp³-hybridized carbons (Fsp3) is 0.227. The molecule has 7 nitrogen and oxygen atoms in total. The minimum atomic E-state index is -0.430. The average molecular weight is 390 g/mol. The molecule has 2 heterocycles. The SMILES string of the molecule is CC(=O)NCCc1c(C(C[N+](=O)[O-])c2c[nH]c3ccccc23)[nH]c2ccccc12. The molecule has 148 valence electrons. The smallest absolute Gasteiger partial charge is 0.216 e. The summed E-state index contributed by atoms with van der Waals surface area (Å²) >= 11 is 0. The molecule has 4 aromatic rings. The number of nitro groups is 1. The zero-order chi connectivity index (χ0) is 20.4. The quantitative estimate of drug-likeness (QED) is 0.331. The van der Waals surface area contributed by atoms with Crippen molar-refractivity contribution in [1.82, 2.24) is 15.3 Å². The molecule has 4 rings (SSSR count). The highest BCUT2D eigenvalue weighted by molar-refractivity contribution is 5.87. The fourth-order valence-electron chi connectivity index (χ4n) is 4.03. The molecule has 29 heavy (non-hydrogen) atoms. The van der Waals surface area contributed by atoms with Crippen LogP contribution in [0.25, 0.3) is 21.8 Å². The number of aromatic nitrogens is 2. The first-order valence-corrected chi connectivity index (χ1v) is 9.56. The molecule has 0 aliphatic carbocycles. The average Bonchev–Trinajstić information content (AvgIpc) is 3.28. The van der Waals surface area contributed by atoms with Crippen LogP contribution < -0.4 is 5.32 Å². The number of H-pyrrole nitrogens is 2. The second-order valence-corrected chi connectivity index (χ2v) is 7.15. The number of amides is 1. The van der Waals surface area contributed by atoms with Gasteiger partial charge in [-0.3, -0.25) is 14.9 Å². The van der Waals surface area contributed by atoms with Crippen molar-refractivity contribution in [3.05, 3.63) is 81.7 Å². The Balaban J connectivity index is 1.85. The lowest BCUT2D eigenvalue weighted by molar-refractivity contribution is -0.481. The van der Waals surface area contributed by atoms with Crippen molar-refractivity contribution in [2.75, 3.05) is 13.1 Å². The fourth-order valence-corrected chi connectivity index (χ4v) is 4.03. The normalized spacial score (nSPS) is 12.3. The minimum Gasteiger partial charge on any atom is -0.361 e. The van der Waals surface area contributed by atoms with E-state index in [2.05, 4.69) is 15.3 Å². The van der Waals surface area contributed by atoms with Gasteiger partial charge in [0.05, 0.1) is 5.92 Å². The van der Waals surface area contributed by atoms with E-state index in [1.54, 1.807) is 0 Å². The second-order valence-electron chi connectivity index (χ2n) is 7.15. The van der Waals surface area contributed by atoms with Gasteiger partial charge in [0.25, 0.3) is 0 Å². The summed E-state index contributed by atoms with van der Waals surface area (Å²) in [6.45, 7) is 1.74. The molecule has 2 aromatic carbocycles. The largest absolute Gasteiger partial charge is 0.361 e. The van der Waals surface area contributed by atoms with Crippen molar-refractivity contribution in [2.45, 2.75) is 19.3 Å². The zero-order valence-corrected chi connectivity index (χ0v) is 16.1. The second kappa shape index (κ2) is 7.79. The van der Waals surface area contributed by atoms with Crippen molar-refractivity contribution >= 4 is 27.7 Å². The molecule has 0 spiro atoms. The Kier molecular flexibility index (Phi) is 5.03. The maximum absolute atomic E-state index is 11.6. The minimum absolute atomic E-state index is 0.0927. The Hall–Kier alpha value is -3.61. The Bertz CT molecular complexity index is 1190. The van der Waals surface area contributed by atoms with Crippen LogP contribution in [0.15, 0.2) is 54.7 Å². The van der Waals surface area contributed by atoms with E-state index in [-0.39, 0.29) is 17.4 Å². The summed E-state index contributed by atoms with van der Waals surface area (Å²) in [6.07, 6.45) is 2.46. The van der Waals surface area contributed by atoms with Crippen molar-refractivity contribution in [2.24, 2.45) is 0 Å². The number of carbonyl (C=O) groups is 1. The van der Waals surface area contributed by atoms with Crippen LogP contribution in [-0.2, 0) is 11.2 Å². The van der Waals surface area contributed by atoms with Gasteiger partial charge < -0.3 is 15.3 Å². The number of benzene rings is 2. The lowest BCUT2D eigenvalue weighted by atomic mass is 9.91. The van der Waals surface area contributed by atoms with Gasteiger partial charge in [0.2, 0.25) is 12.5 Å². The number of para-hydroxylation sites is 2. The number of nitrogens with zero attached hydrogens (tertiary/aromatic N) is 1. The molecule has 1 unspecified atom stereocenters. The summed E-state index contributed by atoms with van der Waals surface area (Å²) in [5, 5.41) is 16.4. The van der Waals surface area contributed by atoms with Crippen LogP contribution in [0.2, 0.25) is 0 Å². The molecule has 2 aromatic heterocycles. The lowest BCUT2D eigenvalue weighted by Gasteiger charge is -2.14. The van der Waals surface area contributed by atoms with Crippen LogP contribution in [0, 0.1) is 10.1 Å². The molecule has 1 amide bonds. The highest BCUT2D eigenvalue weighted by Crippen LogP contribution is 2.35. The van der Waals surface area contributed by atoms with E-state index in [9.17, 15) is 14.9 Å². The molecule has 1 atom stereocenters. The highest BCUT2D eigenvalue weighted by Gasteiger charge is 2.28. The van der Waals surface area contributed by atoms with Crippen LogP contribution in [-0.4, -0.2) is 33.9 Å². The molecule has 0 aliphatic rings. The maximum atomic E-state index is 11.6. The predicted octanol–water partition coefficient (Wildman–Crippen LogP) is 3.74. The van der Waals surface area contributed by atoms with E-state index in [1.807, 2.05) is 54.7 Å². The van der Waals surface area contributed by atoms with Gasteiger partial charge in [-0.25, -0.2) is 0 Å². The van der Waals surface area contributed by atoms with Crippen molar-refractivity contribution < 1.29 is 9.72 Å². The summed E-state index contributed by atoms with van der Waals surface area (Å²) in [5.41, 5.74) is 4.62. The Morgan fingerprint density at radius 3 is 2.52 bits per heavy atom. The standard InChI is InChI=1S/C22H22N4O3/c1-14(27)23-11-10-17-15-6-3-5-9-21(15)25-22(17)19(13-26(28)29)18-12-24-20-8-4-2-7-16(18)20/h2-9,12,19,24-25H,10-11,13H2,1H3,(H,23,27). The first-order chi connectivity index (χ1) is 14.0. The predicted molar refractivity (Wildman–Crippen MR) is 113 cm³/mol. The van der Waals surface area contributed by atoms with Gasteiger partial charge in [0.15, 0.2) is 0 Å². The lowest BCUT2D eigenvalue weighted by Crippen LogP contribution is -2.23. The molecule has 0 aliphatic heterocycles. The molecule has 0 saturated heterocycles. The van der Waals surface area contributed by atoms with E-state index in [0.29, 0.717) is 13.0 Å². The molecular weight excluding hydrogens is 368 g/mol. The number of fused-ring (bicyclic) bond motifs is 2. The summed E-state index contributed by atoms with van der Waals surface area (Å²) < 4.78 is 0. The molecular formula is C22H22N4O3. The summed E-state index contributed by atoms with van der Waals surface area (Å²) in [4.78, 5) is 29.3. The van der Waals surface area contributed by atoms with E-state index in [1.165, 1.54) is 6.92 Å². The Labute approximate surface area is 167 Å². The Morgan fingerprint density at radius 2 is 1.79 bits per heavy atom. The molecule has 0 bridgehead atoms. The third-order valence-corrected chi connectivity index (χ3v) is 5.27. The van der Waals surface area contributed by atoms with Crippen molar-refractivity contribution in [1.29, 1.82) is 0 Å². The van der Waals surface area contributed by atoms with Crippen LogP contribution in [0.3, 0.4) is 0 Å². The zero-order valence-electron chi connectivity index (χ0n) is 16.1. The number of rotatable bonds is 7. The van der Waals surface area contributed by atoms with Crippen LogP contribution in [0.4, 0.5) is 0 Å². The summed E-state index contributed by atoms with van der Waals surface area (Å²) in [7, 11) is 0. The number of hydrogen-bond acceptors (Lipinski definition) is 3. The van der Waals surface area contributed by atoms with Crippen LogP contribution in [0.1, 0.15) is 29.7 Å². The maximum Gasteiger partial charge on any atom is 0.216 e. The van der Waals surface area contributed by atoms with Crippen molar-refractivity contribution in [3.8, 4) is 0 Å². The van der Waals surface area contributed by atoms with Gasteiger partial charge in [0, 0.05) is 52.1 Å². The van der Waals surface area contributed by atoms with Gasteiger partial charge >= 0.3 is 0 Å². The van der Waals surface area contributed by atoms with Gasteiger partial charge in [0.1, 0.15) is 0 Å². The number of nitrogens with one attached hydrogen (secondary N) is 3. The molecule has 7 heteroatoms. The van der Waals surface area contributed by atoms with Gasteiger partial charge in [-0.15, -0.1) is 0 Å². The number of carbonyl (C=O) groups excluding carboxylic acids is 1. The van der Waals surface area contributed by atoms with Gasteiger partial charge in [-0.2, -0.15) is 0 Å². The monoisotopic (exact) mass is 390 g/mol. The Morgan fingerprint density at radius 1 is 1.10 bits per heavy atom. The summed E-state index contributed by atoms with van der Waals surface area (Å²) in [5.74, 6) is -0.522. The molecule has 0 fully saturated rings.